The second-order valence-corrected chi connectivity index (χ2v) is 7.67. The van der Waals surface area contributed by atoms with Gasteiger partial charge in [-0.2, -0.15) is 0 Å². The van der Waals surface area contributed by atoms with Crippen LogP contribution < -0.4 is 9.47 Å². The molecule has 0 aliphatic carbocycles. The molecule has 29 heavy (non-hydrogen) atoms. The topological polar surface area (TPSA) is 54.6 Å². The molecule has 0 bridgehead atoms. The highest BCUT2D eigenvalue weighted by Gasteiger charge is 2.25. The number of amides is 1. The number of aromatic nitrogens is 1. The number of nitrogens with one attached hydrogen (secondary N) is 1. The zero-order valence-electron chi connectivity index (χ0n) is 17.1. The number of H-pyrrole nitrogens is 1. The van der Waals surface area contributed by atoms with Crippen molar-refractivity contribution in [3.05, 3.63) is 59.8 Å². The van der Waals surface area contributed by atoms with Crippen molar-refractivity contribution in [2.75, 3.05) is 27.3 Å². The normalized spacial score (nSPS) is 14.9. The van der Waals surface area contributed by atoms with Crippen LogP contribution in [0.5, 0.6) is 11.5 Å². The van der Waals surface area contributed by atoms with Gasteiger partial charge in [-0.3, -0.25) is 4.79 Å². The highest BCUT2D eigenvalue weighted by atomic mass is 16.5. The number of aryl methyl sites for hydroxylation is 1. The van der Waals surface area contributed by atoms with E-state index in [4.69, 9.17) is 9.47 Å². The highest BCUT2D eigenvalue weighted by molar-refractivity contribution is 5.83. The van der Waals surface area contributed by atoms with Crippen molar-refractivity contribution in [3.63, 3.8) is 0 Å². The number of hydrogen-bond acceptors (Lipinski definition) is 3. The number of piperidine rings is 1. The predicted molar refractivity (Wildman–Crippen MR) is 115 cm³/mol. The standard InChI is InChI=1S/C24H28N2O3/c1-28-19-13-17(14-20(15-19)29-2)7-8-24(27)26-11-9-18(10-12-26)22-16-25-23-6-4-3-5-21(22)23/h3-6,13-16,18,25H,7-12H2,1-2H3. The third-order valence-electron chi connectivity index (χ3n) is 5.95. The molecule has 0 spiro atoms. The molecule has 5 nitrogen and oxygen atoms in total. The summed E-state index contributed by atoms with van der Waals surface area (Å²) in [6.45, 7) is 1.65. The van der Waals surface area contributed by atoms with Crippen molar-refractivity contribution in [2.45, 2.75) is 31.6 Å². The van der Waals surface area contributed by atoms with Gasteiger partial charge in [0, 0.05) is 42.7 Å². The van der Waals surface area contributed by atoms with Crippen molar-refractivity contribution < 1.29 is 14.3 Å². The monoisotopic (exact) mass is 392 g/mol. The number of para-hydroxylation sites is 1. The Labute approximate surface area is 171 Å². The summed E-state index contributed by atoms with van der Waals surface area (Å²) in [6.07, 6.45) is 5.37. The smallest absolute Gasteiger partial charge is 0.222 e. The summed E-state index contributed by atoms with van der Waals surface area (Å²) in [7, 11) is 3.28. The number of methoxy groups -OCH3 is 2. The number of likely N-dealkylation sites (tertiary alicyclic amines) is 1. The fraction of sp³-hybridized carbons (Fsp3) is 0.375. The zero-order chi connectivity index (χ0) is 20.2. The first-order valence-corrected chi connectivity index (χ1v) is 10.2. The fourth-order valence-electron chi connectivity index (χ4n) is 4.29. The van der Waals surface area contributed by atoms with Crippen LogP contribution in [0.25, 0.3) is 10.9 Å². The van der Waals surface area contributed by atoms with E-state index in [9.17, 15) is 4.79 Å². The minimum Gasteiger partial charge on any atom is -0.497 e. The number of rotatable bonds is 6. The van der Waals surface area contributed by atoms with E-state index in [0.717, 1.165) is 43.0 Å². The first-order valence-electron chi connectivity index (χ1n) is 10.2. The van der Waals surface area contributed by atoms with Crippen LogP contribution in [-0.2, 0) is 11.2 Å². The van der Waals surface area contributed by atoms with Gasteiger partial charge in [-0.1, -0.05) is 18.2 Å². The van der Waals surface area contributed by atoms with Crippen molar-refractivity contribution in [3.8, 4) is 11.5 Å². The van der Waals surface area contributed by atoms with Crippen molar-refractivity contribution in [2.24, 2.45) is 0 Å². The average molecular weight is 392 g/mol. The number of carbonyl (C=O) groups is 1. The lowest BCUT2D eigenvalue weighted by Crippen LogP contribution is -2.38. The molecule has 1 aliphatic rings. The van der Waals surface area contributed by atoms with Crippen molar-refractivity contribution >= 4 is 16.8 Å². The molecule has 152 valence electrons. The Hall–Kier alpha value is -2.95. The largest absolute Gasteiger partial charge is 0.497 e. The summed E-state index contributed by atoms with van der Waals surface area (Å²) in [6, 6.07) is 14.2. The maximum atomic E-state index is 12.7. The number of hydrogen-bond donors (Lipinski definition) is 1. The number of nitrogens with zero attached hydrogens (tertiary/aromatic N) is 1. The van der Waals surface area contributed by atoms with Crippen molar-refractivity contribution in [1.29, 1.82) is 0 Å². The van der Waals surface area contributed by atoms with Gasteiger partial charge < -0.3 is 19.4 Å². The van der Waals surface area contributed by atoms with Gasteiger partial charge in [-0.25, -0.2) is 0 Å². The van der Waals surface area contributed by atoms with E-state index in [-0.39, 0.29) is 5.91 Å². The van der Waals surface area contributed by atoms with Gasteiger partial charge in [0.2, 0.25) is 5.91 Å². The molecule has 1 amide bonds. The van der Waals surface area contributed by atoms with E-state index in [1.165, 1.54) is 16.5 Å². The molecule has 1 fully saturated rings. The average Bonchev–Trinajstić information content (AvgIpc) is 3.21. The third kappa shape index (κ3) is 4.24. The van der Waals surface area contributed by atoms with Gasteiger partial charge in [0.25, 0.3) is 0 Å². The molecule has 1 N–H and O–H groups in total. The Morgan fingerprint density at radius 3 is 2.45 bits per heavy atom. The third-order valence-corrected chi connectivity index (χ3v) is 5.95. The minimum atomic E-state index is 0.226. The second-order valence-electron chi connectivity index (χ2n) is 7.67. The number of aromatic amines is 1. The Bertz CT molecular complexity index is 964. The molecule has 5 heteroatoms. The minimum absolute atomic E-state index is 0.226. The summed E-state index contributed by atoms with van der Waals surface area (Å²) in [4.78, 5) is 18.1. The summed E-state index contributed by atoms with van der Waals surface area (Å²) >= 11 is 0. The van der Waals surface area contributed by atoms with E-state index in [1.54, 1.807) is 14.2 Å². The van der Waals surface area contributed by atoms with Gasteiger partial charge in [0.15, 0.2) is 0 Å². The maximum absolute atomic E-state index is 12.7. The fourth-order valence-corrected chi connectivity index (χ4v) is 4.29. The van der Waals surface area contributed by atoms with Crippen LogP contribution in [0.2, 0.25) is 0 Å². The SMILES string of the molecule is COc1cc(CCC(=O)N2CCC(c3c[nH]c4ccccc34)CC2)cc(OC)c1. The van der Waals surface area contributed by atoms with Gasteiger partial charge in [-0.15, -0.1) is 0 Å². The Balaban J connectivity index is 1.33. The molecule has 0 saturated carbocycles. The van der Waals surface area contributed by atoms with Gasteiger partial charge in [0.1, 0.15) is 11.5 Å². The van der Waals surface area contributed by atoms with E-state index in [0.29, 0.717) is 18.8 Å². The van der Waals surface area contributed by atoms with E-state index >= 15 is 0 Å². The van der Waals surface area contributed by atoms with Crippen LogP contribution in [0, 0.1) is 0 Å². The summed E-state index contributed by atoms with van der Waals surface area (Å²) in [5, 5.41) is 1.31. The Kier molecular flexibility index (Phi) is 5.74. The molecular weight excluding hydrogens is 364 g/mol. The molecular formula is C24H28N2O3. The molecule has 0 unspecified atom stereocenters. The summed E-state index contributed by atoms with van der Waals surface area (Å²) in [5.74, 6) is 2.25. The number of ether oxygens (including phenoxy) is 2. The van der Waals surface area contributed by atoms with E-state index < -0.39 is 0 Å². The van der Waals surface area contributed by atoms with Crippen LogP contribution in [0.3, 0.4) is 0 Å². The molecule has 0 radical (unpaired) electrons. The van der Waals surface area contributed by atoms with Gasteiger partial charge >= 0.3 is 0 Å². The molecule has 4 rings (SSSR count). The highest BCUT2D eigenvalue weighted by Crippen LogP contribution is 2.33. The second kappa shape index (κ2) is 8.60. The quantitative estimate of drug-likeness (QED) is 0.671. The lowest BCUT2D eigenvalue weighted by Gasteiger charge is -2.32. The van der Waals surface area contributed by atoms with Gasteiger partial charge in [-0.05, 0) is 54.5 Å². The first kappa shape index (κ1) is 19.4. The van der Waals surface area contributed by atoms with E-state index in [2.05, 4.69) is 35.4 Å². The van der Waals surface area contributed by atoms with Crippen LogP contribution in [-0.4, -0.2) is 43.1 Å². The lowest BCUT2D eigenvalue weighted by molar-refractivity contribution is -0.132. The lowest BCUT2D eigenvalue weighted by atomic mass is 9.89. The first-order chi connectivity index (χ1) is 14.2. The Morgan fingerprint density at radius 1 is 1.07 bits per heavy atom. The maximum Gasteiger partial charge on any atom is 0.222 e. The molecule has 1 saturated heterocycles. The number of fused-ring (bicyclic) bond motifs is 1. The molecule has 2 aromatic carbocycles. The van der Waals surface area contributed by atoms with Crippen LogP contribution in [0.4, 0.5) is 0 Å². The van der Waals surface area contributed by atoms with Crippen LogP contribution in [0.1, 0.15) is 36.3 Å². The Morgan fingerprint density at radius 2 is 1.76 bits per heavy atom. The predicted octanol–water partition coefficient (Wildman–Crippen LogP) is 4.52. The van der Waals surface area contributed by atoms with Crippen LogP contribution >= 0.6 is 0 Å². The van der Waals surface area contributed by atoms with Gasteiger partial charge in [0.05, 0.1) is 14.2 Å². The van der Waals surface area contributed by atoms with Crippen LogP contribution in [0.15, 0.2) is 48.7 Å². The van der Waals surface area contributed by atoms with E-state index in [1.807, 2.05) is 23.1 Å². The molecule has 1 aliphatic heterocycles. The molecule has 1 aromatic heterocycles. The zero-order valence-corrected chi connectivity index (χ0v) is 17.1. The van der Waals surface area contributed by atoms with Crippen molar-refractivity contribution in [1.82, 2.24) is 9.88 Å². The summed E-state index contributed by atoms with van der Waals surface area (Å²) < 4.78 is 10.6. The molecule has 3 aromatic rings. The summed E-state index contributed by atoms with van der Waals surface area (Å²) in [5.41, 5.74) is 3.63. The molecule has 2 heterocycles. The molecule has 0 atom stereocenters. The number of benzene rings is 2. The number of carbonyl (C=O) groups excluding carboxylic acids is 1.